The van der Waals surface area contributed by atoms with Crippen LogP contribution in [0.3, 0.4) is 0 Å². The van der Waals surface area contributed by atoms with E-state index in [1.165, 1.54) is 7.11 Å². The summed E-state index contributed by atoms with van der Waals surface area (Å²) in [6.07, 6.45) is 3.77. The first-order valence-electron chi connectivity index (χ1n) is 9.85. The standard InChI is InChI=1S/C24H23N3O3/c1-14-9-15(5-8-21(14)29-3)12-26-23-19-11-17(25-2)10-18(16-6-7-16)22(19)27-13-20(23)24(28)30-4/h5,8-11,13,16H,6-7,12H2,1,3-4H3,(H,26,27). The van der Waals surface area contributed by atoms with Crippen molar-refractivity contribution in [3.63, 3.8) is 0 Å². The molecule has 0 radical (unpaired) electrons. The molecule has 1 heterocycles. The molecule has 0 amide bonds. The quantitative estimate of drug-likeness (QED) is 0.444. The fourth-order valence-electron chi connectivity index (χ4n) is 3.78. The van der Waals surface area contributed by atoms with Crippen LogP contribution in [0.15, 0.2) is 36.5 Å². The average Bonchev–Trinajstić information content (AvgIpc) is 3.61. The fraction of sp³-hybridized carbons (Fsp3) is 0.292. The van der Waals surface area contributed by atoms with Crippen LogP contribution >= 0.6 is 0 Å². The van der Waals surface area contributed by atoms with E-state index < -0.39 is 5.97 Å². The van der Waals surface area contributed by atoms with E-state index in [1.807, 2.05) is 31.2 Å². The Hall–Kier alpha value is -3.59. The molecule has 0 atom stereocenters. The molecule has 6 nitrogen and oxygen atoms in total. The number of hydrogen-bond donors (Lipinski definition) is 1. The number of ether oxygens (including phenoxy) is 2. The summed E-state index contributed by atoms with van der Waals surface area (Å²) < 4.78 is 10.3. The van der Waals surface area contributed by atoms with Gasteiger partial charge in [0.2, 0.25) is 0 Å². The Bertz CT molecular complexity index is 1180. The van der Waals surface area contributed by atoms with Crippen LogP contribution in [0.2, 0.25) is 0 Å². The van der Waals surface area contributed by atoms with E-state index >= 15 is 0 Å². The predicted octanol–water partition coefficient (Wildman–Crippen LogP) is 5.38. The summed E-state index contributed by atoms with van der Waals surface area (Å²) in [6.45, 7) is 10.0. The Kier molecular flexibility index (Phi) is 5.28. The number of aromatic nitrogens is 1. The number of hydrogen-bond acceptors (Lipinski definition) is 5. The first-order chi connectivity index (χ1) is 14.5. The van der Waals surface area contributed by atoms with E-state index in [-0.39, 0.29) is 0 Å². The van der Waals surface area contributed by atoms with Gasteiger partial charge in [-0.2, -0.15) is 0 Å². The topological polar surface area (TPSA) is 64.8 Å². The fourth-order valence-corrected chi connectivity index (χ4v) is 3.78. The molecule has 1 aliphatic rings. The smallest absolute Gasteiger partial charge is 0.341 e. The van der Waals surface area contributed by atoms with Gasteiger partial charge in [0.25, 0.3) is 0 Å². The number of esters is 1. The van der Waals surface area contributed by atoms with Crippen LogP contribution in [0.1, 0.15) is 45.8 Å². The molecule has 1 aliphatic carbocycles. The lowest BCUT2D eigenvalue weighted by Gasteiger charge is -2.16. The second-order valence-electron chi connectivity index (χ2n) is 7.51. The molecule has 1 saturated carbocycles. The molecule has 6 heteroatoms. The lowest BCUT2D eigenvalue weighted by atomic mass is 10.0. The molecule has 0 spiro atoms. The first kappa shape index (κ1) is 19.7. The third kappa shape index (κ3) is 3.67. The Morgan fingerprint density at radius 2 is 2.07 bits per heavy atom. The second-order valence-corrected chi connectivity index (χ2v) is 7.51. The van der Waals surface area contributed by atoms with Gasteiger partial charge in [0.15, 0.2) is 5.69 Å². The maximum atomic E-state index is 12.4. The van der Waals surface area contributed by atoms with Crippen LogP contribution in [-0.2, 0) is 11.3 Å². The van der Waals surface area contributed by atoms with Crippen molar-refractivity contribution in [2.75, 3.05) is 19.5 Å². The highest BCUT2D eigenvalue weighted by Gasteiger charge is 2.28. The Balaban J connectivity index is 1.81. The molecule has 0 saturated heterocycles. The first-order valence-corrected chi connectivity index (χ1v) is 9.85. The summed E-state index contributed by atoms with van der Waals surface area (Å²) in [4.78, 5) is 20.7. The Labute approximate surface area is 175 Å². The highest BCUT2D eigenvalue weighted by atomic mass is 16.5. The maximum Gasteiger partial charge on any atom is 0.341 e. The summed E-state index contributed by atoms with van der Waals surface area (Å²) in [7, 11) is 3.01. The van der Waals surface area contributed by atoms with Gasteiger partial charge >= 0.3 is 5.97 Å². The zero-order chi connectivity index (χ0) is 21.3. The van der Waals surface area contributed by atoms with E-state index in [4.69, 9.17) is 16.0 Å². The molecule has 2 aromatic carbocycles. The van der Waals surface area contributed by atoms with Gasteiger partial charge in [0.1, 0.15) is 11.3 Å². The Morgan fingerprint density at radius 1 is 1.27 bits per heavy atom. The lowest BCUT2D eigenvalue weighted by Crippen LogP contribution is -2.10. The van der Waals surface area contributed by atoms with Crippen molar-refractivity contribution in [1.82, 2.24) is 4.98 Å². The third-order valence-corrected chi connectivity index (χ3v) is 5.47. The van der Waals surface area contributed by atoms with Gasteiger partial charge in [-0.25, -0.2) is 9.64 Å². The van der Waals surface area contributed by atoms with Crippen LogP contribution < -0.4 is 10.1 Å². The number of nitrogens with zero attached hydrogens (tertiary/aromatic N) is 2. The van der Waals surface area contributed by atoms with Gasteiger partial charge in [-0.05, 0) is 54.5 Å². The van der Waals surface area contributed by atoms with Crippen molar-refractivity contribution in [2.45, 2.75) is 32.2 Å². The molecule has 1 fully saturated rings. The monoisotopic (exact) mass is 401 g/mol. The van der Waals surface area contributed by atoms with E-state index in [1.54, 1.807) is 19.4 Å². The number of pyridine rings is 1. The average molecular weight is 401 g/mol. The van der Waals surface area contributed by atoms with Gasteiger partial charge in [-0.15, -0.1) is 0 Å². The minimum absolute atomic E-state index is 0.360. The van der Waals surface area contributed by atoms with Crippen LogP contribution in [-0.4, -0.2) is 25.2 Å². The molecular weight excluding hydrogens is 378 g/mol. The van der Waals surface area contributed by atoms with E-state index in [0.717, 1.165) is 46.2 Å². The highest BCUT2D eigenvalue weighted by Crippen LogP contribution is 2.45. The molecule has 1 aromatic heterocycles. The second kappa shape index (κ2) is 8.03. The normalized spacial score (nSPS) is 13.0. The molecule has 30 heavy (non-hydrogen) atoms. The molecule has 1 N–H and O–H groups in total. The third-order valence-electron chi connectivity index (χ3n) is 5.47. The lowest BCUT2D eigenvalue weighted by molar-refractivity contribution is 0.0601. The summed E-state index contributed by atoms with van der Waals surface area (Å²) in [5.74, 6) is 0.806. The van der Waals surface area contributed by atoms with E-state index in [2.05, 4.69) is 15.1 Å². The van der Waals surface area contributed by atoms with Crippen molar-refractivity contribution < 1.29 is 14.3 Å². The van der Waals surface area contributed by atoms with Crippen molar-refractivity contribution in [1.29, 1.82) is 0 Å². The minimum atomic E-state index is -0.459. The van der Waals surface area contributed by atoms with Crippen molar-refractivity contribution in [3.8, 4) is 5.75 Å². The van der Waals surface area contributed by atoms with E-state index in [9.17, 15) is 4.79 Å². The number of aryl methyl sites for hydroxylation is 1. The number of benzene rings is 2. The molecule has 3 aromatic rings. The molecule has 152 valence electrons. The van der Waals surface area contributed by atoms with Crippen molar-refractivity contribution >= 4 is 28.2 Å². The molecule has 0 aliphatic heterocycles. The molecule has 0 unspecified atom stereocenters. The summed E-state index contributed by atoms with van der Waals surface area (Å²) in [6, 6.07) is 9.69. The summed E-state index contributed by atoms with van der Waals surface area (Å²) in [5, 5.41) is 4.18. The maximum absolute atomic E-state index is 12.4. The van der Waals surface area contributed by atoms with Crippen LogP contribution in [0.5, 0.6) is 5.75 Å². The zero-order valence-corrected chi connectivity index (χ0v) is 17.3. The number of rotatable bonds is 6. The summed E-state index contributed by atoms with van der Waals surface area (Å²) >= 11 is 0. The number of methoxy groups -OCH3 is 2. The molecule has 4 rings (SSSR count). The van der Waals surface area contributed by atoms with Gasteiger partial charge in [-0.1, -0.05) is 18.2 Å². The predicted molar refractivity (Wildman–Crippen MR) is 116 cm³/mol. The van der Waals surface area contributed by atoms with Gasteiger partial charge in [0, 0.05) is 18.1 Å². The van der Waals surface area contributed by atoms with Gasteiger partial charge in [0.05, 0.1) is 32.0 Å². The minimum Gasteiger partial charge on any atom is -0.496 e. The molecular formula is C24H23N3O3. The number of fused-ring (bicyclic) bond motifs is 1. The number of nitrogens with one attached hydrogen (secondary N) is 1. The zero-order valence-electron chi connectivity index (χ0n) is 17.3. The Morgan fingerprint density at radius 3 is 2.70 bits per heavy atom. The van der Waals surface area contributed by atoms with Crippen molar-refractivity contribution in [3.05, 3.63) is 70.2 Å². The largest absolute Gasteiger partial charge is 0.496 e. The van der Waals surface area contributed by atoms with Crippen LogP contribution in [0.25, 0.3) is 15.7 Å². The van der Waals surface area contributed by atoms with E-state index in [0.29, 0.717) is 29.4 Å². The number of carbonyl (C=O) groups excluding carboxylic acids is 1. The molecule has 0 bridgehead atoms. The number of carbonyl (C=O) groups is 1. The SMILES string of the molecule is [C-]#[N+]c1cc(C2CC2)c2ncc(C(=O)OC)c(NCc3ccc(OC)c(C)c3)c2c1. The highest BCUT2D eigenvalue weighted by molar-refractivity contribution is 6.06. The summed E-state index contributed by atoms with van der Waals surface area (Å²) in [5.41, 5.74) is 5.57. The van der Waals surface area contributed by atoms with Gasteiger partial charge in [-0.3, -0.25) is 4.98 Å². The van der Waals surface area contributed by atoms with Crippen LogP contribution in [0.4, 0.5) is 11.4 Å². The van der Waals surface area contributed by atoms with Gasteiger partial charge < -0.3 is 14.8 Å². The van der Waals surface area contributed by atoms with Crippen molar-refractivity contribution in [2.24, 2.45) is 0 Å². The number of anilines is 1. The van der Waals surface area contributed by atoms with Crippen LogP contribution in [0, 0.1) is 13.5 Å².